The summed E-state index contributed by atoms with van der Waals surface area (Å²) in [6, 6.07) is 24.0. The summed E-state index contributed by atoms with van der Waals surface area (Å²) < 4.78 is 2.41. The average molecular weight is 360 g/mol. The van der Waals surface area contributed by atoms with Crippen LogP contribution in [0, 0.1) is 6.92 Å². The molecule has 3 heteroatoms. The summed E-state index contributed by atoms with van der Waals surface area (Å²) in [6.07, 6.45) is 0. The Morgan fingerprint density at radius 3 is 2.39 bits per heavy atom. The summed E-state index contributed by atoms with van der Waals surface area (Å²) in [7, 11) is 6.15. The zero-order chi connectivity index (χ0) is 19.4. The molecule has 134 valence electrons. The first-order valence-electron chi connectivity index (χ1n) is 9.73. The van der Waals surface area contributed by atoms with Gasteiger partial charge < -0.3 is 4.57 Å². The van der Waals surface area contributed by atoms with E-state index in [0.29, 0.717) is 11.6 Å². The van der Waals surface area contributed by atoms with Crippen molar-refractivity contribution < 1.29 is 0 Å². The molecule has 0 N–H and O–H groups in total. The van der Waals surface area contributed by atoms with Gasteiger partial charge in [-0.05, 0) is 49.9 Å². The average Bonchev–Trinajstić information content (AvgIpc) is 3.00. The molecule has 0 bridgehead atoms. The van der Waals surface area contributed by atoms with E-state index in [-0.39, 0.29) is 0 Å². The molecule has 2 heterocycles. The monoisotopic (exact) mass is 360 g/mol. The van der Waals surface area contributed by atoms with E-state index in [9.17, 15) is 0 Å². The van der Waals surface area contributed by atoms with Crippen molar-refractivity contribution in [2.75, 3.05) is 0 Å². The quantitative estimate of drug-likeness (QED) is 0.370. The van der Waals surface area contributed by atoms with E-state index >= 15 is 0 Å². The van der Waals surface area contributed by atoms with Gasteiger partial charge in [0.2, 0.25) is 0 Å². The van der Waals surface area contributed by atoms with Crippen molar-refractivity contribution in [1.82, 2.24) is 9.55 Å². The van der Waals surface area contributed by atoms with Gasteiger partial charge in [0.25, 0.3) is 0 Å². The highest BCUT2D eigenvalue weighted by atomic mass is 15.0. The first kappa shape index (κ1) is 17.1. The largest absolute Gasteiger partial charge is 0.338 e. The molecule has 3 aromatic carbocycles. The summed E-state index contributed by atoms with van der Waals surface area (Å²) in [5.41, 5.74) is 6.32. The van der Waals surface area contributed by atoms with E-state index in [1.54, 1.807) is 0 Å². The Bertz CT molecular complexity index is 1360. The molecule has 0 saturated heterocycles. The van der Waals surface area contributed by atoms with Gasteiger partial charge in [-0.25, -0.2) is 0 Å². The zero-order valence-electron chi connectivity index (χ0n) is 16.4. The van der Waals surface area contributed by atoms with Gasteiger partial charge >= 0.3 is 0 Å². The summed E-state index contributed by atoms with van der Waals surface area (Å²) in [4.78, 5) is 4.71. The summed E-state index contributed by atoms with van der Waals surface area (Å²) in [6.45, 7) is 6.56. The third kappa shape index (κ3) is 2.54. The number of nitrogens with zero attached hydrogens (tertiary/aromatic N) is 2. The highest BCUT2D eigenvalue weighted by molar-refractivity contribution is 6.32. The standard InChI is InChI=1S/C25H21BN2/c1-15(2)28-22-7-5-4-6-20(22)21-11-9-17(13-23(21)28)25-19-10-8-16(3)12-18(19)14-24(26)27-25/h4-15H,1-3H3. The van der Waals surface area contributed by atoms with Gasteiger partial charge in [-0.15, -0.1) is 0 Å². The molecule has 0 atom stereocenters. The van der Waals surface area contributed by atoms with Crippen LogP contribution in [-0.2, 0) is 0 Å². The lowest BCUT2D eigenvalue weighted by molar-refractivity contribution is 0.642. The van der Waals surface area contributed by atoms with Crippen LogP contribution < -0.4 is 5.59 Å². The van der Waals surface area contributed by atoms with E-state index < -0.39 is 0 Å². The van der Waals surface area contributed by atoms with E-state index in [0.717, 1.165) is 22.0 Å². The first-order valence-corrected chi connectivity index (χ1v) is 9.73. The van der Waals surface area contributed by atoms with E-state index in [4.69, 9.17) is 12.8 Å². The molecule has 0 spiro atoms. The normalized spacial score (nSPS) is 11.9. The minimum absolute atomic E-state index is 0.367. The number of fused-ring (bicyclic) bond motifs is 4. The smallest absolute Gasteiger partial charge is 0.141 e. The van der Waals surface area contributed by atoms with Crippen molar-refractivity contribution in [3.05, 3.63) is 72.3 Å². The molecular weight excluding hydrogens is 339 g/mol. The number of aromatic nitrogens is 2. The van der Waals surface area contributed by atoms with Crippen molar-refractivity contribution >= 4 is 46.0 Å². The molecule has 0 aliphatic carbocycles. The Balaban J connectivity index is 1.85. The predicted molar refractivity (Wildman–Crippen MR) is 121 cm³/mol. The molecule has 2 nitrogen and oxygen atoms in total. The fourth-order valence-electron chi connectivity index (χ4n) is 4.32. The van der Waals surface area contributed by atoms with Gasteiger partial charge in [-0.1, -0.05) is 54.1 Å². The van der Waals surface area contributed by atoms with Crippen molar-refractivity contribution in [1.29, 1.82) is 0 Å². The van der Waals surface area contributed by atoms with Crippen LogP contribution in [0.1, 0.15) is 25.5 Å². The summed E-state index contributed by atoms with van der Waals surface area (Å²) >= 11 is 0. The highest BCUT2D eigenvalue weighted by Gasteiger charge is 2.15. The summed E-state index contributed by atoms with van der Waals surface area (Å²) in [5, 5.41) is 4.83. The van der Waals surface area contributed by atoms with Crippen molar-refractivity contribution in [3.8, 4) is 11.3 Å². The molecule has 5 aromatic rings. The number of rotatable bonds is 2. The molecule has 0 unspecified atom stereocenters. The van der Waals surface area contributed by atoms with Gasteiger partial charge in [-0.2, -0.15) is 0 Å². The first-order chi connectivity index (χ1) is 13.5. The fraction of sp³-hybridized carbons (Fsp3) is 0.160. The number of hydrogen-bond donors (Lipinski definition) is 0. The minimum Gasteiger partial charge on any atom is -0.338 e. The Hall–Kier alpha value is -3.07. The van der Waals surface area contributed by atoms with Crippen molar-refractivity contribution in [3.63, 3.8) is 0 Å². The lowest BCUT2D eigenvalue weighted by atomic mass is 9.95. The van der Waals surface area contributed by atoms with Gasteiger partial charge in [0.1, 0.15) is 7.85 Å². The highest BCUT2D eigenvalue weighted by Crippen LogP contribution is 2.35. The molecule has 2 radical (unpaired) electrons. The number of hydrogen-bond acceptors (Lipinski definition) is 1. The Labute approximate surface area is 166 Å². The van der Waals surface area contributed by atoms with Gasteiger partial charge in [-0.3, -0.25) is 4.98 Å². The van der Waals surface area contributed by atoms with Crippen LogP contribution in [0.4, 0.5) is 0 Å². The zero-order valence-corrected chi connectivity index (χ0v) is 16.4. The van der Waals surface area contributed by atoms with E-state index in [1.165, 1.54) is 27.4 Å². The molecule has 5 rings (SSSR count). The molecule has 0 amide bonds. The van der Waals surface area contributed by atoms with Crippen LogP contribution >= 0.6 is 0 Å². The van der Waals surface area contributed by atoms with Gasteiger partial charge in [0, 0.05) is 33.3 Å². The second-order valence-corrected chi connectivity index (χ2v) is 7.83. The molecule has 0 fully saturated rings. The second-order valence-electron chi connectivity index (χ2n) is 7.83. The van der Waals surface area contributed by atoms with Crippen molar-refractivity contribution in [2.24, 2.45) is 0 Å². The Kier molecular flexibility index (Phi) is 3.80. The molecule has 28 heavy (non-hydrogen) atoms. The van der Waals surface area contributed by atoms with Crippen LogP contribution in [0.2, 0.25) is 0 Å². The molecule has 0 saturated carbocycles. The maximum Gasteiger partial charge on any atom is 0.141 e. The Morgan fingerprint density at radius 2 is 1.57 bits per heavy atom. The van der Waals surface area contributed by atoms with Crippen LogP contribution in [0.3, 0.4) is 0 Å². The Morgan fingerprint density at radius 1 is 0.821 bits per heavy atom. The van der Waals surface area contributed by atoms with Gasteiger partial charge in [0.05, 0.1) is 11.2 Å². The lowest BCUT2D eigenvalue weighted by Crippen LogP contribution is -2.09. The molecule has 0 aliphatic heterocycles. The number of pyridine rings is 1. The van der Waals surface area contributed by atoms with Crippen LogP contribution in [-0.4, -0.2) is 17.4 Å². The van der Waals surface area contributed by atoms with Crippen LogP contribution in [0.5, 0.6) is 0 Å². The number of para-hydroxylation sites is 1. The number of aryl methyl sites for hydroxylation is 1. The minimum atomic E-state index is 0.367. The molecule has 2 aromatic heterocycles. The predicted octanol–water partition coefficient (Wildman–Crippen LogP) is 5.69. The SMILES string of the molecule is [B]c1cc2cc(C)ccc2c(-c2ccc3c4ccccc4n(C(C)C)c3c2)n1. The topological polar surface area (TPSA) is 17.8 Å². The van der Waals surface area contributed by atoms with Gasteiger partial charge in [0.15, 0.2) is 0 Å². The van der Waals surface area contributed by atoms with Crippen LogP contribution in [0.25, 0.3) is 43.8 Å². The molecule has 0 aliphatic rings. The van der Waals surface area contributed by atoms with Crippen LogP contribution in [0.15, 0.2) is 66.7 Å². The van der Waals surface area contributed by atoms with Crippen molar-refractivity contribution in [2.45, 2.75) is 26.8 Å². The summed E-state index contributed by atoms with van der Waals surface area (Å²) in [5.74, 6) is 0. The van der Waals surface area contributed by atoms with E-state index in [2.05, 4.69) is 86.0 Å². The second kappa shape index (κ2) is 6.24. The fourth-order valence-corrected chi connectivity index (χ4v) is 4.32. The maximum atomic E-state index is 6.15. The number of benzene rings is 3. The molecular formula is C25H21BN2. The lowest BCUT2D eigenvalue weighted by Gasteiger charge is -2.13. The maximum absolute atomic E-state index is 6.15. The third-order valence-electron chi connectivity index (χ3n) is 5.51. The van der Waals surface area contributed by atoms with E-state index in [1.807, 2.05) is 6.07 Å². The third-order valence-corrected chi connectivity index (χ3v) is 5.51.